The topological polar surface area (TPSA) is 41.3 Å². The lowest BCUT2D eigenvalue weighted by molar-refractivity contribution is 0.405. The zero-order valence-corrected chi connectivity index (χ0v) is 13.3. The quantitative estimate of drug-likeness (QED) is 0.699. The molecule has 0 aliphatic rings. The molecular weight excluding hydrogens is 293 g/mol. The molecule has 0 aliphatic heterocycles. The molecule has 1 N–H and O–H groups in total. The number of aromatic nitrogens is 1. The molecule has 5 heteroatoms. The van der Waals surface area contributed by atoms with E-state index in [1.807, 2.05) is 18.2 Å². The van der Waals surface area contributed by atoms with E-state index >= 15 is 0 Å². The van der Waals surface area contributed by atoms with E-state index in [1.165, 1.54) is 12.1 Å². The molecule has 1 aromatic heterocycles. The van der Waals surface area contributed by atoms with Crippen molar-refractivity contribution in [3.63, 3.8) is 0 Å². The Morgan fingerprint density at radius 2 is 1.91 bits per heavy atom. The molecule has 2 aromatic carbocycles. The number of nitrogens with one attached hydrogen (secondary N) is 1. The maximum Gasteiger partial charge on any atom is 0.227 e. The van der Waals surface area contributed by atoms with Gasteiger partial charge < -0.3 is 14.6 Å². The molecule has 0 fully saturated rings. The summed E-state index contributed by atoms with van der Waals surface area (Å²) in [7, 11) is 4.14. The summed E-state index contributed by atoms with van der Waals surface area (Å²) in [6, 6.07) is 12.0. The first-order valence-corrected chi connectivity index (χ1v) is 7.67. The van der Waals surface area contributed by atoms with E-state index in [9.17, 15) is 4.39 Å². The van der Waals surface area contributed by atoms with Crippen LogP contribution in [0, 0.1) is 5.82 Å². The Bertz CT molecular complexity index is 781. The van der Waals surface area contributed by atoms with Gasteiger partial charge in [-0.1, -0.05) is 0 Å². The number of nitrogens with zero attached hydrogens (tertiary/aromatic N) is 2. The predicted molar refractivity (Wildman–Crippen MR) is 91.1 cm³/mol. The van der Waals surface area contributed by atoms with Gasteiger partial charge in [-0.2, -0.15) is 0 Å². The van der Waals surface area contributed by atoms with E-state index < -0.39 is 0 Å². The minimum atomic E-state index is -0.269. The first kappa shape index (κ1) is 15.5. The molecule has 23 heavy (non-hydrogen) atoms. The van der Waals surface area contributed by atoms with Crippen molar-refractivity contribution in [1.29, 1.82) is 0 Å². The van der Waals surface area contributed by atoms with Crippen molar-refractivity contribution in [2.24, 2.45) is 0 Å². The number of hydrogen-bond donors (Lipinski definition) is 1. The highest BCUT2D eigenvalue weighted by Crippen LogP contribution is 2.26. The maximum atomic E-state index is 13.0. The van der Waals surface area contributed by atoms with Crippen LogP contribution in [-0.2, 0) is 0 Å². The van der Waals surface area contributed by atoms with Gasteiger partial charge in [-0.3, -0.25) is 0 Å². The Balaban J connectivity index is 1.74. The van der Waals surface area contributed by atoms with Gasteiger partial charge >= 0.3 is 0 Å². The third-order valence-corrected chi connectivity index (χ3v) is 3.59. The van der Waals surface area contributed by atoms with E-state index in [0.29, 0.717) is 5.89 Å². The molecule has 0 spiro atoms. The number of halogens is 1. The number of oxazole rings is 1. The summed E-state index contributed by atoms with van der Waals surface area (Å²) in [6.07, 6.45) is 1.07. The third-order valence-electron chi connectivity index (χ3n) is 3.59. The molecule has 0 saturated carbocycles. The van der Waals surface area contributed by atoms with Crippen molar-refractivity contribution >= 4 is 16.8 Å². The average molecular weight is 313 g/mol. The minimum Gasteiger partial charge on any atom is -0.436 e. The van der Waals surface area contributed by atoms with E-state index in [4.69, 9.17) is 4.42 Å². The van der Waals surface area contributed by atoms with Gasteiger partial charge in [0.25, 0.3) is 0 Å². The Morgan fingerprint density at radius 1 is 1.13 bits per heavy atom. The summed E-state index contributed by atoms with van der Waals surface area (Å²) in [4.78, 5) is 6.66. The van der Waals surface area contributed by atoms with Gasteiger partial charge in [-0.25, -0.2) is 9.37 Å². The lowest BCUT2D eigenvalue weighted by Gasteiger charge is -2.10. The highest BCUT2D eigenvalue weighted by molar-refractivity contribution is 5.80. The van der Waals surface area contributed by atoms with E-state index in [-0.39, 0.29) is 5.82 Å². The second-order valence-electron chi connectivity index (χ2n) is 5.79. The summed E-state index contributed by atoms with van der Waals surface area (Å²) in [6.45, 7) is 1.96. The van der Waals surface area contributed by atoms with Gasteiger partial charge in [0.15, 0.2) is 5.58 Å². The Hall–Kier alpha value is -2.40. The van der Waals surface area contributed by atoms with E-state index in [1.54, 1.807) is 12.1 Å². The van der Waals surface area contributed by atoms with Crippen LogP contribution in [0.15, 0.2) is 46.9 Å². The molecule has 0 atom stereocenters. The first-order chi connectivity index (χ1) is 11.1. The lowest BCUT2D eigenvalue weighted by Crippen LogP contribution is -2.16. The molecule has 0 radical (unpaired) electrons. The molecule has 3 aromatic rings. The van der Waals surface area contributed by atoms with E-state index in [2.05, 4.69) is 29.3 Å². The van der Waals surface area contributed by atoms with Gasteiger partial charge in [0.05, 0.1) is 0 Å². The van der Waals surface area contributed by atoms with Crippen LogP contribution < -0.4 is 5.32 Å². The Labute approximate surface area is 134 Å². The predicted octanol–water partition coefficient (Wildman–Crippen LogP) is 4.00. The van der Waals surface area contributed by atoms with Crippen LogP contribution >= 0.6 is 0 Å². The lowest BCUT2D eigenvalue weighted by atomic mass is 10.2. The van der Waals surface area contributed by atoms with Crippen molar-refractivity contribution in [2.75, 3.05) is 32.5 Å². The summed E-state index contributed by atoms with van der Waals surface area (Å²) < 4.78 is 18.7. The van der Waals surface area contributed by atoms with Crippen molar-refractivity contribution in [1.82, 2.24) is 9.88 Å². The zero-order chi connectivity index (χ0) is 16.2. The fraction of sp³-hybridized carbons (Fsp3) is 0.278. The molecular formula is C18H20FN3O. The van der Waals surface area contributed by atoms with Gasteiger partial charge in [0, 0.05) is 17.8 Å². The minimum absolute atomic E-state index is 0.269. The molecule has 0 amide bonds. The van der Waals surface area contributed by atoms with Gasteiger partial charge in [0.1, 0.15) is 11.3 Å². The average Bonchev–Trinajstić information content (AvgIpc) is 2.95. The molecule has 0 unspecified atom stereocenters. The number of fused-ring (bicyclic) bond motifs is 1. The van der Waals surface area contributed by atoms with Crippen molar-refractivity contribution < 1.29 is 8.81 Å². The Kier molecular flexibility index (Phi) is 4.57. The summed E-state index contributed by atoms with van der Waals surface area (Å²) in [5, 5.41) is 3.39. The first-order valence-electron chi connectivity index (χ1n) is 7.67. The van der Waals surface area contributed by atoms with Crippen molar-refractivity contribution in [3.8, 4) is 11.5 Å². The molecule has 1 heterocycles. The van der Waals surface area contributed by atoms with Gasteiger partial charge in [0.2, 0.25) is 5.89 Å². The smallest absolute Gasteiger partial charge is 0.227 e. The molecule has 0 bridgehead atoms. The molecule has 0 aliphatic carbocycles. The molecule has 120 valence electrons. The van der Waals surface area contributed by atoms with Crippen LogP contribution in [-0.4, -0.2) is 37.1 Å². The third kappa shape index (κ3) is 3.87. The van der Waals surface area contributed by atoms with Crippen LogP contribution in [0.3, 0.4) is 0 Å². The maximum absolute atomic E-state index is 13.0. The zero-order valence-electron chi connectivity index (χ0n) is 13.3. The van der Waals surface area contributed by atoms with Crippen LogP contribution in [0.4, 0.5) is 10.1 Å². The fourth-order valence-electron chi connectivity index (χ4n) is 2.38. The van der Waals surface area contributed by atoms with Crippen LogP contribution in [0.5, 0.6) is 0 Å². The molecule has 3 rings (SSSR count). The monoisotopic (exact) mass is 313 g/mol. The standard InChI is InChI=1S/C18H20FN3O/c1-22(2)11-3-10-20-15-8-9-17-16(12-15)21-18(23-17)13-4-6-14(19)7-5-13/h4-9,12,20H,3,10-11H2,1-2H3. The van der Waals surface area contributed by atoms with Gasteiger partial charge in [-0.15, -0.1) is 0 Å². The fourth-order valence-corrected chi connectivity index (χ4v) is 2.38. The van der Waals surface area contributed by atoms with Crippen molar-refractivity contribution in [2.45, 2.75) is 6.42 Å². The largest absolute Gasteiger partial charge is 0.436 e. The number of benzene rings is 2. The second-order valence-corrected chi connectivity index (χ2v) is 5.79. The molecule has 0 saturated heterocycles. The van der Waals surface area contributed by atoms with Crippen LogP contribution in [0.25, 0.3) is 22.6 Å². The van der Waals surface area contributed by atoms with Crippen LogP contribution in [0.2, 0.25) is 0 Å². The normalized spacial score (nSPS) is 11.3. The van der Waals surface area contributed by atoms with Crippen LogP contribution in [0.1, 0.15) is 6.42 Å². The van der Waals surface area contributed by atoms with E-state index in [0.717, 1.165) is 41.9 Å². The summed E-state index contributed by atoms with van der Waals surface area (Å²) in [5.41, 5.74) is 3.31. The summed E-state index contributed by atoms with van der Waals surface area (Å²) in [5.74, 6) is 0.235. The molecule has 4 nitrogen and oxygen atoms in total. The number of rotatable bonds is 6. The van der Waals surface area contributed by atoms with Crippen molar-refractivity contribution in [3.05, 3.63) is 48.3 Å². The number of anilines is 1. The summed E-state index contributed by atoms with van der Waals surface area (Å²) >= 11 is 0. The number of hydrogen-bond acceptors (Lipinski definition) is 4. The second kappa shape index (κ2) is 6.79. The highest BCUT2D eigenvalue weighted by atomic mass is 19.1. The Morgan fingerprint density at radius 3 is 2.65 bits per heavy atom. The highest BCUT2D eigenvalue weighted by Gasteiger charge is 2.09. The SMILES string of the molecule is CN(C)CCCNc1ccc2oc(-c3ccc(F)cc3)nc2c1. The van der Waals surface area contributed by atoms with Gasteiger partial charge in [-0.05, 0) is 69.5 Å².